The smallest absolute Gasteiger partial charge is 0.250 e. The Morgan fingerprint density at radius 2 is 1.81 bits per heavy atom. The molecule has 0 saturated carbocycles. The molecule has 0 aliphatic rings. The van der Waals surface area contributed by atoms with Gasteiger partial charge in [-0.25, -0.2) is 0 Å². The molecule has 0 atom stereocenters. The number of nitrogens with two attached hydrogens (primary N) is 1. The number of benzene rings is 1. The SMILES string of the molecule is Nc1ccc(Cn2cc(Br)ccc2=O)cc1. The first kappa shape index (κ1) is 11.0. The molecule has 0 radical (unpaired) electrons. The third-order valence-corrected chi connectivity index (χ3v) is 2.75. The number of halogens is 1. The topological polar surface area (TPSA) is 48.0 Å². The second-order valence-electron chi connectivity index (χ2n) is 3.56. The lowest BCUT2D eigenvalue weighted by atomic mass is 10.2. The van der Waals surface area contributed by atoms with E-state index in [-0.39, 0.29) is 5.56 Å². The molecule has 1 heterocycles. The van der Waals surface area contributed by atoms with Crippen LogP contribution in [0.2, 0.25) is 0 Å². The first-order chi connectivity index (χ1) is 7.65. The van der Waals surface area contributed by atoms with Crippen LogP contribution in [0.1, 0.15) is 5.56 Å². The predicted octanol–water partition coefficient (Wildman–Crippen LogP) is 2.24. The number of rotatable bonds is 2. The van der Waals surface area contributed by atoms with Crippen molar-refractivity contribution in [1.82, 2.24) is 4.57 Å². The maximum Gasteiger partial charge on any atom is 0.250 e. The molecule has 1 aromatic carbocycles. The van der Waals surface area contributed by atoms with Gasteiger partial charge in [0.15, 0.2) is 0 Å². The van der Waals surface area contributed by atoms with Gasteiger partial charge in [-0.15, -0.1) is 0 Å². The lowest BCUT2D eigenvalue weighted by molar-refractivity contribution is 0.756. The van der Waals surface area contributed by atoms with E-state index in [9.17, 15) is 4.79 Å². The Balaban J connectivity index is 2.30. The van der Waals surface area contributed by atoms with Crippen molar-refractivity contribution in [3.8, 4) is 0 Å². The van der Waals surface area contributed by atoms with Crippen molar-refractivity contribution in [2.45, 2.75) is 6.54 Å². The molecule has 0 aliphatic carbocycles. The Kier molecular flexibility index (Phi) is 3.10. The summed E-state index contributed by atoms with van der Waals surface area (Å²) < 4.78 is 2.54. The molecule has 2 N–H and O–H groups in total. The summed E-state index contributed by atoms with van der Waals surface area (Å²) in [6, 6.07) is 10.8. The van der Waals surface area contributed by atoms with Crippen LogP contribution < -0.4 is 11.3 Å². The van der Waals surface area contributed by atoms with E-state index in [1.807, 2.05) is 24.3 Å². The van der Waals surface area contributed by atoms with Gasteiger partial charge in [-0.1, -0.05) is 12.1 Å². The molecule has 3 nitrogen and oxygen atoms in total. The van der Waals surface area contributed by atoms with E-state index in [0.29, 0.717) is 6.54 Å². The molecule has 2 aromatic rings. The Morgan fingerprint density at radius 1 is 1.12 bits per heavy atom. The van der Waals surface area contributed by atoms with E-state index in [2.05, 4.69) is 15.9 Å². The largest absolute Gasteiger partial charge is 0.399 e. The van der Waals surface area contributed by atoms with Crippen molar-refractivity contribution < 1.29 is 0 Å². The van der Waals surface area contributed by atoms with Crippen LogP contribution in [0.3, 0.4) is 0 Å². The molecule has 0 spiro atoms. The molecule has 0 saturated heterocycles. The highest BCUT2D eigenvalue weighted by molar-refractivity contribution is 9.10. The number of nitrogens with zero attached hydrogens (tertiary/aromatic N) is 1. The molecule has 82 valence electrons. The Morgan fingerprint density at radius 3 is 2.50 bits per heavy atom. The summed E-state index contributed by atoms with van der Waals surface area (Å²) in [6.45, 7) is 0.554. The molecule has 0 aliphatic heterocycles. The van der Waals surface area contributed by atoms with Gasteiger partial charge in [0, 0.05) is 22.4 Å². The Hall–Kier alpha value is -1.55. The molecule has 0 bridgehead atoms. The number of aromatic nitrogens is 1. The van der Waals surface area contributed by atoms with Gasteiger partial charge in [-0.3, -0.25) is 4.79 Å². The fourth-order valence-corrected chi connectivity index (χ4v) is 1.82. The van der Waals surface area contributed by atoms with Gasteiger partial charge in [-0.2, -0.15) is 0 Å². The fraction of sp³-hybridized carbons (Fsp3) is 0.0833. The third-order valence-electron chi connectivity index (χ3n) is 2.28. The summed E-state index contributed by atoms with van der Waals surface area (Å²) in [4.78, 5) is 11.6. The van der Waals surface area contributed by atoms with Crippen LogP contribution in [0.4, 0.5) is 5.69 Å². The average Bonchev–Trinajstić information content (AvgIpc) is 2.27. The summed E-state index contributed by atoms with van der Waals surface area (Å²) >= 11 is 3.34. The van der Waals surface area contributed by atoms with E-state index in [1.54, 1.807) is 22.9 Å². The van der Waals surface area contributed by atoms with Crippen LogP contribution in [0.5, 0.6) is 0 Å². The highest BCUT2D eigenvalue weighted by atomic mass is 79.9. The van der Waals surface area contributed by atoms with E-state index in [1.165, 1.54) is 0 Å². The molecule has 16 heavy (non-hydrogen) atoms. The van der Waals surface area contributed by atoms with E-state index in [4.69, 9.17) is 5.73 Å². The van der Waals surface area contributed by atoms with Gasteiger partial charge in [-0.05, 0) is 39.7 Å². The van der Waals surface area contributed by atoms with Crippen LogP contribution >= 0.6 is 15.9 Å². The lowest BCUT2D eigenvalue weighted by Gasteiger charge is -2.06. The molecule has 0 unspecified atom stereocenters. The minimum Gasteiger partial charge on any atom is -0.399 e. The first-order valence-electron chi connectivity index (χ1n) is 4.85. The molecular weight excluding hydrogens is 268 g/mol. The lowest BCUT2D eigenvalue weighted by Crippen LogP contribution is -2.18. The summed E-state index contributed by atoms with van der Waals surface area (Å²) in [6.07, 6.45) is 1.78. The van der Waals surface area contributed by atoms with Crippen LogP contribution in [0.25, 0.3) is 0 Å². The molecular formula is C12H11BrN2O. The molecule has 2 rings (SSSR count). The number of nitrogen functional groups attached to an aromatic ring is 1. The summed E-state index contributed by atoms with van der Waals surface area (Å²) in [7, 11) is 0. The van der Waals surface area contributed by atoms with Crippen molar-refractivity contribution in [2.75, 3.05) is 5.73 Å². The molecule has 0 amide bonds. The van der Waals surface area contributed by atoms with Crippen molar-refractivity contribution in [3.63, 3.8) is 0 Å². The van der Waals surface area contributed by atoms with Crippen LogP contribution in [-0.2, 0) is 6.54 Å². The zero-order valence-electron chi connectivity index (χ0n) is 8.56. The monoisotopic (exact) mass is 278 g/mol. The molecule has 4 heteroatoms. The van der Waals surface area contributed by atoms with Gasteiger partial charge in [0.25, 0.3) is 5.56 Å². The van der Waals surface area contributed by atoms with Crippen LogP contribution in [-0.4, -0.2) is 4.57 Å². The van der Waals surface area contributed by atoms with Crippen LogP contribution in [0, 0.1) is 0 Å². The minimum absolute atomic E-state index is 0.0139. The first-order valence-corrected chi connectivity index (χ1v) is 5.65. The second kappa shape index (κ2) is 4.53. The van der Waals surface area contributed by atoms with Gasteiger partial charge in [0.1, 0.15) is 0 Å². The van der Waals surface area contributed by atoms with Crippen molar-refractivity contribution >= 4 is 21.6 Å². The summed E-state index contributed by atoms with van der Waals surface area (Å²) in [5, 5.41) is 0. The maximum atomic E-state index is 11.6. The van der Waals surface area contributed by atoms with Gasteiger partial charge >= 0.3 is 0 Å². The summed E-state index contributed by atoms with van der Waals surface area (Å²) in [5.41, 5.74) is 7.36. The average molecular weight is 279 g/mol. The zero-order chi connectivity index (χ0) is 11.5. The van der Waals surface area contributed by atoms with E-state index >= 15 is 0 Å². The quantitative estimate of drug-likeness (QED) is 0.857. The second-order valence-corrected chi connectivity index (χ2v) is 4.47. The van der Waals surface area contributed by atoms with Gasteiger partial charge < -0.3 is 10.3 Å². The fourth-order valence-electron chi connectivity index (χ4n) is 1.45. The minimum atomic E-state index is -0.0139. The highest BCUT2D eigenvalue weighted by Gasteiger charge is 1.98. The standard InChI is InChI=1S/C12H11BrN2O/c13-10-3-6-12(16)15(8-10)7-9-1-4-11(14)5-2-9/h1-6,8H,7,14H2. The summed E-state index contributed by atoms with van der Waals surface area (Å²) in [5.74, 6) is 0. The van der Waals surface area contributed by atoms with E-state index in [0.717, 1.165) is 15.7 Å². The maximum absolute atomic E-state index is 11.6. The zero-order valence-corrected chi connectivity index (χ0v) is 10.1. The normalized spacial score (nSPS) is 10.3. The van der Waals surface area contributed by atoms with Crippen molar-refractivity contribution in [2.24, 2.45) is 0 Å². The number of pyridine rings is 1. The number of anilines is 1. The third kappa shape index (κ3) is 2.52. The van der Waals surface area contributed by atoms with Gasteiger partial charge in [0.05, 0.1) is 6.54 Å². The van der Waals surface area contributed by atoms with Crippen molar-refractivity contribution in [3.05, 3.63) is 63.0 Å². The van der Waals surface area contributed by atoms with Gasteiger partial charge in [0.2, 0.25) is 0 Å². The van der Waals surface area contributed by atoms with Crippen LogP contribution in [0.15, 0.2) is 51.9 Å². The highest BCUT2D eigenvalue weighted by Crippen LogP contribution is 2.09. The van der Waals surface area contributed by atoms with E-state index < -0.39 is 0 Å². The molecule has 1 aromatic heterocycles. The Bertz CT molecular complexity index is 546. The van der Waals surface area contributed by atoms with Crippen molar-refractivity contribution in [1.29, 1.82) is 0 Å². The molecule has 0 fully saturated rings. The number of hydrogen-bond acceptors (Lipinski definition) is 2. The number of hydrogen-bond donors (Lipinski definition) is 1. The Labute approximate surface area is 102 Å². The predicted molar refractivity (Wildman–Crippen MR) is 68.4 cm³/mol.